The van der Waals surface area contributed by atoms with E-state index in [1.54, 1.807) is 18.2 Å². The number of carbonyl (C=O) groups excluding carboxylic acids is 2. The third-order valence-electron chi connectivity index (χ3n) is 3.92. The molecular formula is C20H25N3O2. The topological polar surface area (TPSA) is 70.2 Å². The molecule has 5 nitrogen and oxygen atoms in total. The molecule has 0 aromatic heterocycles. The average molecular weight is 339 g/mol. The van der Waals surface area contributed by atoms with Gasteiger partial charge in [-0.15, -0.1) is 0 Å². The zero-order valence-electron chi connectivity index (χ0n) is 15.0. The standard InChI is InChI=1S/C20H25N3O2/c1-4-15-9-6-8-14(3)19(15)23-18(24)13-22-17-11-7-10-16(12-17)20(25)21-5-2/h6-12,22H,4-5,13H2,1-3H3,(H,21,25)(H,23,24). The number of hydrogen-bond acceptors (Lipinski definition) is 3. The Balaban J connectivity index is 1.99. The van der Waals surface area contributed by atoms with Gasteiger partial charge >= 0.3 is 0 Å². The summed E-state index contributed by atoms with van der Waals surface area (Å²) in [5.74, 6) is -0.240. The molecule has 0 aliphatic rings. The van der Waals surface area contributed by atoms with Crippen molar-refractivity contribution in [3.63, 3.8) is 0 Å². The number of nitrogens with one attached hydrogen (secondary N) is 3. The molecule has 132 valence electrons. The monoisotopic (exact) mass is 339 g/mol. The Morgan fingerprint density at radius 3 is 2.52 bits per heavy atom. The average Bonchev–Trinajstić information content (AvgIpc) is 2.62. The molecule has 0 atom stereocenters. The molecule has 25 heavy (non-hydrogen) atoms. The third kappa shape index (κ3) is 5.08. The van der Waals surface area contributed by atoms with E-state index >= 15 is 0 Å². The quantitative estimate of drug-likeness (QED) is 0.724. The third-order valence-corrected chi connectivity index (χ3v) is 3.92. The Morgan fingerprint density at radius 1 is 1.04 bits per heavy atom. The first-order chi connectivity index (χ1) is 12.0. The summed E-state index contributed by atoms with van der Waals surface area (Å²) >= 11 is 0. The largest absolute Gasteiger partial charge is 0.376 e. The highest BCUT2D eigenvalue weighted by molar-refractivity contribution is 5.96. The van der Waals surface area contributed by atoms with E-state index in [1.807, 2.05) is 38.1 Å². The van der Waals surface area contributed by atoms with Gasteiger partial charge < -0.3 is 16.0 Å². The van der Waals surface area contributed by atoms with E-state index in [0.29, 0.717) is 12.1 Å². The van der Waals surface area contributed by atoms with Crippen LogP contribution in [0.5, 0.6) is 0 Å². The number of hydrogen-bond donors (Lipinski definition) is 3. The predicted molar refractivity (Wildman–Crippen MR) is 102 cm³/mol. The van der Waals surface area contributed by atoms with E-state index in [1.165, 1.54) is 0 Å². The number of rotatable bonds is 7. The van der Waals surface area contributed by atoms with Crippen LogP contribution in [0, 0.1) is 6.92 Å². The Kier molecular flexibility index (Phi) is 6.57. The summed E-state index contributed by atoms with van der Waals surface area (Å²) in [6, 6.07) is 13.1. The second-order valence-electron chi connectivity index (χ2n) is 5.80. The Labute approximate surface area is 148 Å². The summed E-state index contributed by atoms with van der Waals surface area (Å²) in [7, 11) is 0. The van der Waals surface area contributed by atoms with Crippen LogP contribution in [0.4, 0.5) is 11.4 Å². The van der Waals surface area contributed by atoms with E-state index in [-0.39, 0.29) is 18.4 Å². The van der Waals surface area contributed by atoms with Gasteiger partial charge in [0, 0.05) is 23.5 Å². The van der Waals surface area contributed by atoms with Gasteiger partial charge in [0.15, 0.2) is 0 Å². The second kappa shape index (κ2) is 8.87. The normalized spacial score (nSPS) is 10.2. The Morgan fingerprint density at radius 2 is 1.80 bits per heavy atom. The lowest BCUT2D eigenvalue weighted by Crippen LogP contribution is -2.24. The maximum absolute atomic E-state index is 12.3. The molecule has 0 saturated heterocycles. The van der Waals surface area contributed by atoms with E-state index in [0.717, 1.165) is 28.9 Å². The summed E-state index contributed by atoms with van der Waals surface area (Å²) in [5, 5.41) is 8.80. The lowest BCUT2D eigenvalue weighted by molar-refractivity contribution is -0.114. The van der Waals surface area contributed by atoms with Crippen LogP contribution in [-0.4, -0.2) is 24.9 Å². The lowest BCUT2D eigenvalue weighted by atomic mass is 10.1. The SMILES string of the molecule is CCNC(=O)c1cccc(NCC(=O)Nc2c(C)cccc2CC)c1. The van der Waals surface area contributed by atoms with Crippen molar-refractivity contribution in [3.8, 4) is 0 Å². The summed E-state index contributed by atoms with van der Waals surface area (Å²) in [4.78, 5) is 24.1. The van der Waals surface area contributed by atoms with Crippen molar-refractivity contribution < 1.29 is 9.59 Å². The van der Waals surface area contributed by atoms with Crippen molar-refractivity contribution in [2.24, 2.45) is 0 Å². The van der Waals surface area contributed by atoms with Crippen LogP contribution in [0.3, 0.4) is 0 Å². The van der Waals surface area contributed by atoms with E-state index in [2.05, 4.69) is 22.9 Å². The van der Waals surface area contributed by atoms with Gasteiger partial charge in [-0.3, -0.25) is 9.59 Å². The maximum atomic E-state index is 12.3. The molecule has 0 bridgehead atoms. The first-order valence-electron chi connectivity index (χ1n) is 8.55. The summed E-state index contributed by atoms with van der Waals surface area (Å²) in [5.41, 5.74) is 4.35. The first kappa shape index (κ1) is 18.5. The fourth-order valence-corrected chi connectivity index (χ4v) is 2.60. The van der Waals surface area contributed by atoms with E-state index in [4.69, 9.17) is 0 Å². The number of aryl methyl sites for hydroxylation is 2. The molecule has 3 N–H and O–H groups in total. The molecule has 2 aromatic carbocycles. The van der Waals surface area contributed by atoms with Crippen molar-refractivity contribution in [2.45, 2.75) is 27.2 Å². The number of para-hydroxylation sites is 1. The first-order valence-corrected chi connectivity index (χ1v) is 8.55. The van der Waals surface area contributed by atoms with Crippen molar-refractivity contribution in [1.82, 2.24) is 5.32 Å². The lowest BCUT2D eigenvalue weighted by Gasteiger charge is -2.14. The minimum absolute atomic E-state index is 0.118. The molecular weight excluding hydrogens is 314 g/mol. The fraction of sp³-hybridized carbons (Fsp3) is 0.300. The smallest absolute Gasteiger partial charge is 0.251 e. The zero-order chi connectivity index (χ0) is 18.2. The van der Waals surface area contributed by atoms with Crippen LogP contribution >= 0.6 is 0 Å². The Bertz CT molecular complexity index is 756. The van der Waals surface area contributed by atoms with E-state index in [9.17, 15) is 9.59 Å². The number of anilines is 2. The minimum atomic E-state index is -0.122. The van der Waals surface area contributed by atoms with Gasteiger partial charge in [0.25, 0.3) is 5.91 Å². The van der Waals surface area contributed by atoms with Crippen LogP contribution in [0.25, 0.3) is 0 Å². The summed E-state index contributed by atoms with van der Waals surface area (Å²) < 4.78 is 0. The Hall–Kier alpha value is -2.82. The van der Waals surface area contributed by atoms with Gasteiger partial charge in [-0.2, -0.15) is 0 Å². The highest BCUT2D eigenvalue weighted by Gasteiger charge is 2.09. The highest BCUT2D eigenvalue weighted by Crippen LogP contribution is 2.21. The molecule has 0 radical (unpaired) electrons. The number of amides is 2. The highest BCUT2D eigenvalue weighted by atomic mass is 16.2. The molecule has 0 unspecified atom stereocenters. The number of carbonyl (C=O) groups is 2. The van der Waals surface area contributed by atoms with Gasteiger partial charge in [-0.1, -0.05) is 31.2 Å². The van der Waals surface area contributed by atoms with Gasteiger partial charge in [-0.05, 0) is 49.6 Å². The van der Waals surface area contributed by atoms with Crippen molar-refractivity contribution in [1.29, 1.82) is 0 Å². The van der Waals surface area contributed by atoms with Gasteiger partial charge in [0.2, 0.25) is 5.91 Å². The van der Waals surface area contributed by atoms with E-state index < -0.39 is 0 Å². The summed E-state index contributed by atoms with van der Waals surface area (Å²) in [6.07, 6.45) is 0.860. The molecule has 0 heterocycles. The molecule has 0 spiro atoms. The zero-order valence-corrected chi connectivity index (χ0v) is 15.0. The van der Waals surface area contributed by atoms with Gasteiger partial charge in [0.05, 0.1) is 6.54 Å². The molecule has 2 rings (SSSR count). The van der Waals surface area contributed by atoms with Crippen LogP contribution in [0.1, 0.15) is 35.3 Å². The molecule has 2 amide bonds. The molecule has 0 fully saturated rings. The van der Waals surface area contributed by atoms with Crippen LogP contribution < -0.4 is 16.0 Å². The maximum Gasteiger partial charge on any atom is 0.251 e. The van der Waals surface area contributed by atoms with Crippen LogP contribution in [0.2, 0.25) is 0 Å². The number of benzene rings is 2. The second-order valence-corrected chi connectivity index (χ2v) is 5.80. The minimum Gasteiger partial charge on any atom is -0.376 e. The molecule has 0 aliphatic carbocycles. The molecule has 0 aliphatic heterocycles. The van der Waals surface area contributed by atoms with Gasteiger partial charge in [0.1, 0.15) is 0 Å². The van der Waals surface area contributed by atoms with Crippen molar-refractivity contribution in [3.05, 3.63) is 59.2 Å². The summed E-state index contributed by atoms with van der Waals surface area (Å²) in [6.45, 7) is 6.64. The fourth-order valence-electron chi connectivity index (χ4n) is 2.60. The van der Waals surface area contributed by atoms with Gasteiger partial charge in [-0.25, -0.2) is 0 Å². The van der Waals surface area contributed by atoms with Crippen LogP contribution in [-0.2, 0) is 11.2 Å². The predicted octanol–water partition coefficient (Wildman–Crippen LogP) is 3.36. The molecule has 0 saturated carbocycles. The molecule has 2 aromatic rings. The van der Waals surface area contributed by atoms with Crippen LogP contribution in [0.15, 0.2) is 42.5 Å². The van der Waals surface area contributed by atoms with Crippen molar-refractivity contribution >= 4 is 23.2 Å². The molecule has 5 heteroatoms. The van der Waals surface area contributed by atoms with Crippen molar-refractivity contribution in [2.75, 3.05) is 23.7 Å².